The van der Waals surface area contributed by atoms with Gasteiger partial charge in [0.2, 0.25) is 0 Å². The van der Waals surface area contributed by atoms with Crippen LogP contribution in [0.3, 0.4) is 0 Å². The van der Waals surface area contributed by atoms with Crippen molar-refractivity contribution in [1.82, 2.24) is 5.32 Å². The van der Waals surface area contributed by atoms with Crippen molar-refractivity contribution in [2.45, 2.75) is 58.0 Å². The Morgan fingerprint density at radius 2 is 2.26 bits per heavy atom. The molecule has 2 atom stereocenters. The topological polar surface area (TPSA) is 21.3 Å². The van der Waals surface area contributed by atoms with Crippen LogP contribution in [-0.2, 0) is 0 Å². The van der Waals surface area contributed by atoms with Crippen LogP contribution >= 0.6 is 15.9 Å². The standard InChI is InChI=1S/C16H24BrNO/c1-3-6-13(4-2)18-15-7-5-10-19-16-11-12(17)8-9-14(15)16/h8-9,11,13,15,18H,3-7,10H2,1-2H3. The Hall–Kier alpha value is -0.540. The summed E-state index contributed by atoms with van der Waals surface area (Å²) in [6.07, 6.45) is 5.96. The Balaban J connectivity index is 2.17. The molecule has 2 unspecified atom stereocenters. The molecule has 1 aromatic carbocycles. The highest BCUT2D eigenvalue weighted by molar-refractivity contribution is 9.10. The zero-order valence-electron chi connectivity index (χ0n) is 11.9. The summed E-state index contributed by atoms with van der Waals surface area (Å²) in [5.41, 5.74) is 1.32. The molecule has 1 aliphatic heterocycles. The molecular formula is C16H24BrNO. The second kappa shape index (κ2) is 7.30. The molecule has 0 fully saturated rings. The minimum Gasteiger partial charge on any atom is -0.493 e. The molecule has 0 amide bonds. The fourth-order valence-corrected chi connectivity index (χ4v) is 3.10. The van der Waals surface area contributed by atoms with Crippen molar-refractivity contribution in [1.29, 1.82) is 0 Å². The fourth-order valence-electron chi connectivity index (χ4n) is 2.76. The summed E-state index contributed by atoms with van der Waals surface area (Å²) in [5.74, 6) is 1.04. The SMILES string of the molecule is CCCC(CC)NC1CCCOc2cc(Br)ccc21. The van der Waals surface area contributed by atoms with Gasteiger partial charge in [0.15, 0.2) is 0 Å². The van der Waals surface area contributed by atoms with E-state index in [1.807, 2.05) is 0 Å². The molecule has 0 bridgehead atoms. The van der Waals surface area contributed by atoms with Crippen molar-refractivity contribution >= 4 is 15.9 Å². The number of nitrogens with one attached hydrogen (secondary N) is 1. The van der Waals surface area contributed by atoms with E-state index in [4.69, 9.17) is 4.74 Å². The van der Waals surface area contributed by atoms with Crippen LogP contribution in [0.5, 0.6) is 5.75 Å². The molecule has 1 aliphatic rings. The van der Waals surface area contributed by atoms with Crippen LogP contribution in [0.2, 0.25) is 0 Å². The molecule has 1 aromatic rings. The van der Waals surface area contributed by atoms with Gasteiger partial charge in [-0.3, -0.25) is 0 Å². The second-order valence-electron chi connectivity index (χ2n) is 5.29. The van der Waals surface area contributed by atoms with Gasteiger partial charge in [-0.15, -0.1) is 0 Å². The molecule has 1 N–H and O–H groups in total. The molecule has 3 heteroatoms. The highest BCUT2D eigenvalue weighted by Gasteiger charge is 2.21. The van der Waals surface area contributed by atoms with E-state index in [0.717, 1.165) is 29.7 Å². The largest absolute Gasteiger partial charge is 0.493 e. The Kier molecular flexibility index (Phi) is 5.71. The summed E-state index contributed by atoms with van der Waals surface area (Å²) in [7, 11) is 0. The maximum atomic E-state index is 5.86. The number of benzene rings is 1. The summed E-state index contributed by atoms with van der Waals surface area (Å²) < 4.78 is 6.95. The number of hydrogen-bond acceptors (Lipinski definition) is 2. The lowest BCUT2D eigenvalue weighted by Crippen LogP contribution is -2.32. The summed E-state index contributed by atoms with van der Waals surface area (Å²) in [4.78, 5) is 0. The van der Waals surface area contributed by atoms with Crippen molar-refractivity contribution in [2.75, 3.05) is 6.61 Å². The van der Waals surface area contributed by atoms with E-state index in [1.54, 1.807) is 0 Å². The van der Waals surface area contributed by atoms with E-state index in [1.165, 1.54) is 24.8 Å². The van der Waals surface area contributed by atoms with Gasteiger partial charge in [0.25, 0.3) is 0 Å². The monoisotopic (exact) mass is 325 g/mol. The lowest BCUT2D eigenvalue weighted by molar-refractivity contribution is 0.313. The first-order valence-electron chi connectivity index (χ1n) is 7.42. The van der Waals surface area contributed by atoms with Crippen molar-refractivity contribution < 1.29 is 4.74 Å². The van der Waals surface area contributed by atoms with Gasteiger partial charge in [-0.25, -0.2) is 0 Å². The van der Waals surface area contributed by atoms with E-state index >= 15 is 0 Å². The van der Waals surface area contributed by atoms with Crippen LogP contribution in [0, 0.1) is 0 Å². The molecule has 0 saturated heterocycles. The Morgan fingerprint density at radius 1 is 1.42 bits per heavy atom. The number of ether oxygens (including phenoxy) is 1. The lowest BCUT2D eigenvalue weighted by atomic mass is 9.99. The Morgan fingerprint density at radius 3 is 3.00 bits per heavy atom. The van der Waals surface area contributed by atoms with Gasteiger partial charge < -0.3 is 10.1 Å². The van der Waals surface area contributed by atoms with Crippen molar-refractivity contribution in [3.63, 3.8) is 0 Å². The zero-order valence-corrected chi connectivity index (χ0v) is 13.5. The summed E-state index contributed by atoms with van der Waals surface area (Å²) in [5, 5.41) is 3.83. The molecular weight excluding hydrogens is 302 g/mol. The molecule has 2 rings (SSSR count). The third-order valence-electron chi connectivity index (χ3n) is 3.81. The van der Waals surface area contributed by atoms with Crippen LogP contribution in [-0.4, -0.2) is 12.6 Å². The molecule has 0 radical (unpaired) electrons. The van der Waals surface area contributed by atoms with Crippen LogP contribution in [0.1, 0.15) is 57.6 Å². The third kappa shape index (κ3) is 3.96. The highest BCUT2D eigenvalue weighted by atomic mass is 79.9. The zero-order chi connectivity index (χ0) is 13.7. The first-order chi connectivity index (χ1) is 9.24. The first-order valence-corrected chi connectivity index (χ1v) is 8.22. The summed E-state index contributed by atoms with van der Waals surface area (Å²) in [6, 6.07) is 7.45. The molecule has 106 valence electrons. The van der Waals surface area contributed by atoms with Crippen LogP contribution in [0.4, 0.5) is 0 Å². The van der Waals surface area contributed by atoms with E-state index in [2.05, 4.69) is 53.3 Å². The minimum absolute atomic E-state index is 0.432. The highest BCUT2D eigenvalue weighted by Crippen LogP contribution is 2.34. The normalized spacial score (nSPS) is 20.3. The van der Waals surface area contributed by atoms with E-state index in [9.17, 15) is 0 Å². The summed E-state index contributed by atoms with van der Waals surface area (Å²) >= 11 is 3.52. The fraction of sp³-hybridized carbons (Fsp3) is 0.625. The molecule has 0 saturated carbocycles. The van der Waals surface area contributed by atoms with Crippen LogP contribution < -0.4 is 10.1 Å². The molecule has 19 heavy (non-hydrogen) atoms. The number of hydrogen-bond donors (Lipinski definition) is 1. The van der Waals surface area contributed by atoms with Gasteiger partial charge in [0.05, 0.1) is 6.61 Å². The average molecular weight is 326 g/mol. The lowest BCUT2D eigenvalue weighted by Gasteiger charge is -2.25. The second-order valence-corrected chi connectivity index (χ2v) is 6.20. The molecule has 0 spiro atoms. The molecule has 0 aromatic heterocycles. The molecule has 1 heterocycles. The number of fused-ring (bicyclic) bond motifs is 1. The Labute approximate surface area is 125 Å². The smallest absolute Gasteiger partial charge is 0.125 e. The third-order valence-corrected chi connectivity index (χ3v) is 4.31. The van der Waals surface area contributed by atoms with Gasteiger partial charge in [-0.05, 0) is 37.8 Å². The number of rotatable bonds is 5. The maximum Gasteiger partial charge on any atom is 0.125 e. The van der Waals surface area contributed by atoms with Gasteiger partial charge in [0.1, 0.15) is 5.75 Å². The maximum absolute atomic E-state index is 5.86. The van der Waals surface area contributed by atoms with E-state index in [0.29, 0.717) is 12.1 Å². The predicted octanol–water partition coefficient (Wildman–Crippen LogP) is 4.83. The van der Waals surface area contributed by atoms with Crippen LogP contribution in [0.15, 0.2) is 22.7 Å². The predicted molar refractivity (Wildman–Crippen MR) is 83.7 cm³/mol. The van der Waals surface area contributed by atoms with Gasteiger partial charge in [-0.2, -0.15) is 0 Å². The van der Waals surface area contributed by atoms with Crippen molar-refractivity contribution in [2.24, 2.45) is 0 Å². The first kappa shape index (κ1) is 14.9. The van der Waals surface area contributed by atoms with E-state index < -0.39 is 0 Å². The minimum atomic E-state index is 0.432. The molecule has 2 nitrogen and oxygen atoms in total. The van der Waals surface area contributed by atoms with Crippen molar-refractivity contribution in [3.8, 4) is 5.75 Å². The van der Waals surface area contributed by atoms with Gasteiger partial charge in [-0.1, -0.05) is 42.3 Å². The average Bonchev–Trinajstić information content (AvgIpc) is 2.60. The van der Waals surface area contributed by atoms with Gasteiger partial charge in [0, 0.05) is 22.1 Å². The molecule has 0 aliphatic carbocycles. The van der Waals surface area contributed by atoms with Crippen LogP contribution in [0.25, 0.3) is 0 Å². The van der Waals surface area contributed by atoms with E-state index in [-0.39, 0.29) is 0 Å². The summed E-state index contributed by atoms with van der Waals surface area (Å²) in [6.45, 7) is 5.35. The van der Waals surface area contributed by atoms with Gasteiger partial charge >= 0.3 is 0 Å². The van der Waals surface area contributed by atoms with Crippen molar-refractivity contribution in [3.05, 3.63) is 28.2 Å². The number of halogens is 1. The Bertz CT molecular complexity index is 408. The quantitative estimate of drug-likeness (QED) is 0.837.